The van der Waals surface area contributed by atoms with E-state index in [2.05, 4.69) is 21.3 Å². The average Bonchev–Trinajstić information content (AvgIpc) is 1.89. The lowest BCUT2D eigenvalue weighted by Gasteiger charge is -2.04. The Morgan fingerprint density at radius 3 is 1.56 bits per heavy atom. The van der Waals surface area contributed by atoms with E-state index in [9.17, 15) is 0 Å². The van der Waals surface area contributed by atoms with Crippen molar-refractivity contribution in [3.05, 3.63) is 0 Å². The Hall–Kier alpha value is -0.160. The van der Waals surface area contributed by atoms with E-state index in [-0.39, 0.29) is 0 Å². The van der Waals surface area contributed by atoms with Crippen LogP contribution in [-0.2, 0) is 0 Å². The standard InChI is InChI=1S/C5H16N4/c1-6-3-8-5-9-4-7-2/h6-9H,3-5H2,1-2H3. The van der Waals surface area contributed by atoms with Gasteiger partial charge in [0.05, 0.1) is 0 Å². The molecule has 0 spiro atoms. The van der Waals surface area contributed by atoms with Crippen LogP contribution in [0.15, 0.2) is 0 Å². The summed E-state index contributed by atoms with van der Waals surface area (Å²) in [6.45, 7) is 2.52. The molecule has 0 atom stereocenters. The third-order valence-electron chi connectivity index (χ3n) is 0.854. The van der Waals surface area contributed by atoms with Crippen molar-refractivity contribution >= 4 is 0 Å². The van der Waals surface area contributed by atoms with Crippen molar-refractivity contribution in [3.63, 3.8) is 0 Å². The third kappa shape index (κ3) is 7.84. The number of rotatable bonds is 6. The van der Waals surface area contributed by atoms with Crippen molar-refractivity contribution in [1.82, 2.24) is 21.3 Å². The van der Waals surface area contributed by atoms with Gasteiger partial charge in [0.25, 0.3) is 0 Å². The normalized spacial score (nSPS) is 10.0. The van der Waals surface area contributed by atoms with Gasteiger partial charge in [0.15, 0.2) is 0 Å². The van der Waals surface area contributed by atoms with Gasteiger partial charge < -0.3 is 10.6 Å². The summed E-state index contributed by atoms with van der Waals surface area (Å²) in [4.78, 5) is 0. The first-order chi connectivity index (χ1) is 4.41. The first-order valence-corrected chi connectivity index (χ1v) is 3.12. The minimum atomic E-state index is 0.835. The molecule has 0 saturated carbocycles. The number of nitrogens with one attached hydrogen (secondary N) is 4. The molecule has 0 saturated heterocycles. The van der Waals surface area contributed by atoms with Crippen molar-refractivity contribution in [1.29, 1.82) is 0 Å². The molecule has 4 nitrogen and oxygen atoms in total. The quantitative estimate of drug-likeness (QED) is 0.262. The summed E-state index contributed by atoms with van der Waals surface area (Å²) in [6, 6.07) is 0. The van der Waals surface area contributed by atoms with Crippen molar-refractivity contribution in [2.24, 2.45) is 0 Å². The predicted molar refractivity (Wildman–Crippen MR) is 39.0 cm³/mol. The molecule has 0 aliphatic carbocycles. The fraction of sp³-hybridized carbons (Fsp3) is 1.00. The van der Waals surface area contributed by atoms with E-state index in [0.717, 1.165) is 20.0 Å². The van der Waals surface area contributed by atoms with Crippen LogP contribution in [0.2, 0.25) is 0 Å². The molecule has 56 valence electrons. The highest BCUT2D eigenvalue weighted by Crippen LogP contribution is 1.47. The number of hydrogen-bond acceptors (Lipinski definition) is 4. The fourth-order valence-electron chi connectivity index (χ4n) is 0.463. The van der Waals surface area contributed by atoms with Gasteiger partial charge in [0.2, 0.25) is 0 Å². The molecule has 0 aromatic rings. The van der Waals surface area contributed by atoms with Gasteiger partial charge in [-0.15, -0.1) is 0 Å². The van der Waals surface area contributed by atoms with Gasteiger partial charge in [0, 0.05) is 20.0 Å². The Kier molecular flexibility index (Phi) is 7.70. The molecule has 0 aromatic carbocycles. The molecule has 0 unspecified atom stereocenters. The Bertz CT molecular complexity index is 42.2. The first kappa shape index (κ1) is 8.84. The summed E-state index contributed by atoms with van der Waals surface area (Å²) in [6.07, 6.45) is 0. The molecule has 9 heavy (non-hydrogen) atoms. The maximum atomic E-state index is 3.11. The summed E-state index contributed by atoms with van der Waals surface area (Å²) in [7, 11) is 3.82. The molecule has 4 N–H and O–H groups in total. The van der Waals surface area contributed by atoms with E-state index >= 15 is 0 Å². The van der Waals surface area contributed by atoms with Gasteiger partial charge >= 0.3 is 0 Å². The van der Waals surface area contributed by atoms with Crippen LogP contribution in [0.5, 0.6) is 0 Å². The maximum absolute atomic E-state index is 3.11. The van der Waals surface area contributed by atoms with E-state index in [1.165, 1.54) is 0 Å². The van der Waals surface area contributed by atoms with Crippen LogP contribution >= 0.6 is 0 Å². The van der Waals surface area contributed by atoms with Crippen LogP contribution in [0.3, 0.4) is 0 Å². The Morgan fingerprint density at radius 2 is 1.22 bits per heavy atom. The van der Waals surface area contributed by atoms with Gasteiger partial charge in [-0.1, -0.05) is 0 Å². The van der Waals surface area contributed by atoms with Crippen LogP contribution in [0.1, 0.15) is 0 Å². The molecule has 0 rings (SSSR count). The van der Waals surface area contributed by atoms with Crippen LogP contribution < -0.4 is 21.3 Å². The lowest BCUT2D eigenvalue weighted by Crippen LogP contribution is -2.37. The second kappa shape index (κ2) is 7.84. The molecule has 4 heteroatoms. The smallest absolute Gasteiger partial charge is 0.0474 e. The minimum Gasteiger partial charge on any atom is -0.308 e. The monoisotopic (exact) mass is 132 g/mol. The van der Waals surface area contributed by atoms with Crippen LogP contribution in [-0.4, -0.2) is 34.1 Å². The summed E-state index contributed by atoms with van der Waals surface area (Å²) < 4.78 is 0. The molecule has 0 aromatic heterocycles. The molecular formula is C5H16N4. The van der Waals surface area contributed by atoms with E-state index in [0.29, 0.717) is 0 Å². The molecule has 0 aliphatic heterocycles. The third-order valence-corrected chi connectivity index (χ3v) is 0.854. The first-order valence-electron chi connectivity index (χ1n) is 3.12. The largest absolute Gasteiger partial charge is 0.308 e. The van der Waals surface area contributed by atoms with Gasteiger partial charge in [-0.3, -0.25) is 10.6 Å². The SMILES string of the molecule is CNCNCNCNC. The molecule has 0 bridgehead atoms. The summed E-state index contributed by atoms with van der Waals surface area (Å²) in [5.74, 6) is 0. The Morgan fingerprint density at radius 1 is 0.778 bits per heavy atom. The van der Waals surface area contributed by atoms with E-state index in [1.54, 1.807) is 0 Å². The summed E-state index contributed by atoms with van der Waals surface area (Å²) in [5, 5.41) is 12.2. The molecule has 0 amide bonds. The van der Waals surface area contributed by atoms with Crippen molar-refractivity contribution in [2.45, 2.75) is 0 Å². The van der Waals surface area contributed by atoms with Crippen molar-refractivity contribution in [3.8, 4) is 0 Å². The lowest BCUT2D eigenvalue weighted by molar-refractivity contribution is 0.540. The predicted octanol–water partition coefficient (Wildman–Crippen LogP) is -1.52. The number of hydrogen-bond donors (Lipinski definition) is 4. The second-order valence-electron chi connectivity index (χ2n) is 1.74. The van der Waals surface area contributed by atoms with Gasteiger partial charge in [-0.2, -0.15) is 0 Å². The van der Waals surface area contributed by atoms with Gasteiger partial charge in [0.1, 0.15) is 0 Å². The topological polar surface area (TPSA) is 48.1 Å². The Labute approximate surface area is 56.4 Å². The van der Waals surface area contributed by atoms with Crippen molar-refractivity contribution in [2.75, 3.05) is 34.1 Å². The fourth-order valence-corrected chi connectivity index (χ4v) is 0.463. The highest BCUT2D eigenvalue weighted by atomic mass is 15.2. The zero-order valence-electron chi connectivity index (χ0n) is 6.12. The van der Waals surface area contributed by atoms with Gasteiger partial charge in [-0.05, 0) is 14.1 Å². The summed E-state index contributed by atoms with van der Waals surface area (Å²) >= 11 is 0. The Balaban J connectivity index is 2.60. The highest BCUT2D eigenvalue weighted by Gasteiger charge is 1.79. The minimum absolute atomic E-state index is 0.835. The molecular weight excluding hydrogens is 116 g/mol. The molecule has 0 aliphatic rings. The van der Waals surface area contributed by atoms with Crippen LogP contribution in [0, 0.1) is 0 Å². The molecule has 0 fully saturated rings. The second-order valence-corrected chi connectivity index (χ2v) is 1.74. The van der Waals surface area contributed by atoms with Crippen molar-refractivity contribution < 1.29 is 0 Å². The zero-order valence-corrected chi connectivity index (χ0v) is 6.12. The van der Waals surface area contributed by atoms with Crippen LogP contribution in [0.25, 0.3) is 0 Å². The van der Waals surface area contributed by atoms with E-state index < -0.39 is 0 Å². The van der Waals surface area contributed by atoms with E-state index in [4.69, 9.17) is 0 Å². The highest BCUT2D eigenvalue weighted by molar-refractivity contribution is 4.39. The van der Waals surface area contributed by atoms with Crippen LogP contribution in [0.4, 0.5) is 0 Å². The maximum Gasteiger partial charge on any atom is 0.0474 e. The average molecular weight is 132 g/mol. The van der Waals surface area contributed by atoms with Gasteiger partial charge in [-0.25, -0.2) is 0 Å². The molecule has 0 radical (unpaired) electrons. The molecule has 0 heterocycles. The summed E-state index contributed by atoms with van der Waals surface area (Å²) in [5.41, 5.74) is 0. The lowest BCUT2D eigenvalue weighted by atomic mass is 10.9. The zero-order chi connectivity index (χ0) is 6.95. The van der Waals surface area contributed by atoms with E-state index in [1.807, 2.05) is 14.1 Å².